The zero-order valence-corrected chi connectivity index (χ0v) is 20.2. The Hall–Kier alpha value is -2.85. The molecule has 2 amide bonds. The van der Waals surface area contributed by atoms with Gasteiger partial charge in [0.1, 0.15) is 0 Å². The molecule has 0 aliphatic carbocycles. The molecule has 11 heteroatoms. The third kappa shape index (κ3) is 4.69. The number of methoxy groups -OCH3 is 1. The summed E-state index contributed by atoms with van der Waals surface area (Å²) in [5.41, 5.74) is 0.796. The first-order chi connectivity index (χ1) is 16.3. The van der Waals surface area contributed by atoms with Crippen molar-refractivity contribution in [3.05, 3.63) is 52.0 Å². The minimum Gasteiger partial charge on any atom is -0.493 e. The lowest BCUT2D eigenvalue weighted by molar-refractivity contribution is 0.0488. The van der Waals surface area contributed by atoms with Gasteiger partial charge in [0.05, 0.1) is 35.0 Å². The standard InChI is InChI=1S/C23H24Cl2N4O5/c1-13(12-30)28-5-7-29(8-6-28)23(32)19-9-15-14(3-4-18(33-2)21(15)34-19)22(31)27-20-16(24)10-26-11-17(20)25/h3-4,9-11,13,30H,5-8,12H2,1-2H3,(H,26,27,31). The van der Waals surface area contributed by atoms with Crippen molar-refractivity contribution in [2.75, 3.05) is 45.2 Å². The fourth-order valence-corrected chi connectivity index (χ4v) is 4.37. The molecule has 3 heterocycles. The Bertz CT molecular complexity index is 1200. The number of piperazine rings is 1. The average Bonchev–Trinajstić information content (AvgIpc) is 3.30. The maximum Gasteiger partial charge on any atom is 0.289 e. The van der Waals surface area contributed by atoms with E-state index in [1.165, 1.54) is 19.5 Å². The molecule has 34 heavy (non-hydrogen) atoms. The summed E-state index contributed by atoms with van der Waals surface area (Å²) in [6.45, 7) is 4.32. The van der Waals surface area contributed by atoms with Crippen molar-refractivity contribution in [1.82, 2.24) is 14.8 Å². The second-order valence-electron chi connectivity index (χ2n) is 7.96. The summed E-state index contributed by atoms with van der Waals surface area (Å²) in [4.78, 5) is 33.9. The summed E-state index contributed by atoms with van der Waals surface area (Å²) in [6, 6.07) is 4.77. The zero-order valence-electron chi connectivity index (χ0n) is 18.7. The number of carbonyl (C=O) groups is 2. The molecule has 9 nitrogen and oxygen atoms in total. The van der Waals surface area contributed by atoms with Gasteiger partial charge in [-0.1, -0.05) is 23.2 Å². The van der Waals surface area contributed by atoms with Gasteiger partial charge in [0.2, 0.25) is 0 Å². The number of amides is 2. The number of furan rings is 1. The fourth-order valence-electron chi connectivity index (χ4n) is 3.91. The second-order valence-corrected chi connectivity index (χ2v) is 8.78. The molecule has 1 aliphatic rings. The maximum absolute atomic E-state index is 13.2. The number of aliphatic hydroxyl groups excluding tert-OH is 1. The molecule has 3 aromatic rings. The molecule has 0 bridgehead atoms. The number of halogens is 2. The number of rotatable bonds is 6. The van der Waals surface area contributed by atoms with E-state index < -0.39 is 5.91 Å². The predicted molar refractivity (Wildman–Crippen MR) is 129 cm³/mol. The van der Waals surface area contributed by atoms with Crippen molar-refractivity contribution in [2.24, 2.45) is 0 Å². The molecule has 1 saturated heterocycles. The summed E-state index contributed by atoms with van der Waals surface area (Å²) in [6.07, 6.45) is 2.75. The van der Waals surface area contributed by atoms with E-state index in [1.54, 1.807) is 23.1 Å². The summed E-state index contributed by atoms with van der Waals surface area (Å²) in [5, 5.41) is 12.9. The number of benzene rings is 1. The van der Waals surface area contributed by atoms with E-state index in [2.05, 4.69) is 15.2 Å². The average molecular weight is 507 g/mol. The van der Waals surface area contributed by atoms with Crippen LogP contribution in [-0.4, -0.2) is 77.6 Å². The topological polar surface area (TPSA) is 108 Å². The smallest absolute Gasteiger partial charge is 0.289 e. The highest BCUT2D eigenvalue weighted by Gasteiger charge is 2.28. The minimum absolute atomic E-state index is 0.0381. The highest BCUT2D eigenvalue weighted by molar-refractivity contribution is 6.39. The number of aliphatic hydroxyl groups is 1. The Morgan fingerprint density at radius 1 is 1.21 bits per heavy atom. The molecule has 1 fully saturated rings. The van der Waals surface area contributed by atoms with Crippen LogP contribution < -0.4 is 10.1 Å². The summed E-state index contributed by atoms with van der Waals surface area (Å²) < 4.78 is 11.3. The van der Waals surface area contributed by atoms with Crippen LogP contribution >= 0.6 is 23.2 Å². The lowest BCUT2D eigenvalue weighted by Gasteiger charge is -2.37. The van der Waals surface area contributed by atoms with E-state index in [1.807, 2.05) is 6.92 Å². The molecular formula is C23H24Cl2N4O5. The molecule has 1 atom stereocenters. The van der Waals surface area contributed by atoms with Gasteiger partial charge in [0.15, 0.2) is 17.1 Å². The first-order valence-corrected chi connectivity index (χ1v) is 11.4. The summed E-state index contributed by atoms with van der Waals surface area (Å²) in [5.74, 6) is -0.250. The predicted octanol–water partition coefficient (Wildman–Crippen LogP) is 3.53. The summed E-state index contributed by atoms with van der Waals surface area (Å²) in [7, 11) is 1.48. The quantitative estimate of drug-likeness (QED) is 0.526. The third-order valence-corrected chi connectivity index (χ3v) is 6.48. The van der Waals surface area contributed by atoms with Gasteiger partial charge in [-0.25, -0.2) is 0 Å². The van der Waals surface area contributed by atoms with Gasteiger partial charge in [-0.15, -0.1) is 0 Å². The van der Waals surface area contributed by atoms with Gasteiger partial charge in [-0.3, -0.25) is 19.5 Å². The molecule has 2 N–H and O–H groups in total. The van der Waals surface area contributed by atoms with Gasteiger partial charge in [0.25, 0.3) is 11.8 Å². The Morgan fingerprint density at radius 2 is 1.88 bits per heavy atom. The van der Waals surface area contributed by atoms with Crippen LogP contribution in [0, 0.1) is 0 Å². The Kier molecular flexibility index (Phi) is 7.27. The minimum atomic E-state index is -0.478. The highest BCUT2D eigenvalue weighted by atomic mass is 35.5. The first-order valence-electron chi connectivity index (χ1n) is 10.7. The highest BCUT2D eigenvalue weighted by Crippen LogP contribution is 2.34. The Morgan fingerprint density at radius 3 is 2.50 bits per heavy atom. The SMILES string of the molecule is COc1ccc(C(=O)Nc2c(Cl)cncc2Cl)c2cc(C(=O)N3CCN(C(C)CO)CC3)oc12. The third-order valence-electron chi connectivity index (χ3n) is 5.90. The van der Waals surface area contributed by atoms with E-state index in [0.717, 1.165) is 0 Å². The van der Waals surface area contributed by atoms with Gasteiger partial charge < -0.3 is 24.5 Å². The lowest BCUT2D eigenvalue weighted by atomic mass is 10.1. The number of nitrogens with one attached hydrogen (secondary N) is 1. The molecule has 4 rings (SSSR count). The molecule has 1 aromatic carbocycles. The van der Waals surface area contributed by atoms with Crippen molar-refractivity contribution in [2.45, 2.75) is 13.0 Å². The maximum atomic E-state index is 13.2. The second kappa shape index (κ2) is 10.2. The van der Waals surface area contributed by atoms with Gasteiger partial charge in [-0.2, -0.15) is 0 Å². The van der Waals surface area contributed by atoms with E-state index in [-0.39, 0.29) is 51.2 Å². The zero-order chi connectivity index (χ0) is 24.4. The van der Waals surface area contributed by atoms with Crippen LogP contribution in [0.2, 0.25) is 10.0 Å². The van der Waals surface area contributed by atoms with Gasteiger partial charge in [0, 0.05) is 50.0 Å². The molecule has 0 saturated carbocycles. The molecule has 1 unspecified atom stereocenters. The molecular weight excluding hydrogens is 483 g/mol. The molecule has 0 spiro atoms. The summed E-state index contributed by atoms with van der Waals surface area (Å²) >= 11 is 12.3. The Balaban J connectivity index is 1.62. The Labute approximate surface area is 206 Å². The van der Waals surface area contributed by atoms with Crippen LogP contribution in [-0.2, 0) is 0 Å². The van der Waals surface area contributed by atoms with Crippen LogP contribution in [0.4, 0.5) is 5.69 Å². The first kappa shape index (κ1) is 24.3. The van der Waals surface area contributed by atoms with Crippen molar-refractivity contribution >= 4 is 51.7 Å². The van der Waals surface area contributed by atoms with Crippen LogP contribution in [0.3, 0.4) is 0 Å². The number of ether oxygens (including phenoxy) is 1. The molecule has 2 aromatic heterocycles. The number of hydrogen-bond acceptors (Lipinski definition) is 7. The normalized spacial score (nSPS) is 15.4. The van der Waals surface area contributed by atoms with Gasteiger partial charge in [-0.05, 0) is 25.1 Å². The number of aromatic nitrogens is 1. The number of carbonyl (C=O) groups excluding carboxylic acids is 2. The monoisotopic (exact) mass is 506 g/mol. The van der Waals surface area contributed by atoms with E-state index in [0.29, 0.717) is 37.3 Å². The largest absolute Gasteiger partial charge is 0.493 e. The number of hydrogen-bond donors (Lipinski definition) is 2. The van der Waals surface area contributed by atoms with Crippen molar-refractivity contribution < 1.29 is 23.8 Å². The number of anilines is 1. The molecule has 180 valence electrons. The number of fused-ring (bicyclic) bond motifs is 1. The van der Waals surface area contributed by atoms with Crippen molar-refractivity contribution in [3.8, 4) is 5.75 Å². The van der Waals surface area contributed by atoms with Crippen LogP contribution in [0.25, 0.3) is 11.0 Å². The lowest BCUT2D eigenvalue weighted by Crippen LogP contribution is -2.52. The van der Waals surface area contributed by atoms with Crippen LogP contribution in [0.5, 0.6) is 5.75 Å². The van der Waals surface area contributed by atoms with E-state index in [4.69, 9.17) is 32.4 Å². The van der Waals surface area contributed by atoms with E-state index in [9.17, 15) is 14.7 Å². The van der Waals surface area contributed by atoms with Crippen molar-refractivity contribution in [1.29, 1.82) is 0 Å². The molecule has 0 radical (unpaired) electrons. The number of pyridine rings is 1. The number of nitrogens with zero attached hydrogens (tertiary/aromatic N) is 3. The van der Waals surface area contributed by atoms with Crippen LogP contribution in [0.15, 0.2) is 35.0 Å². The fraction of sp³-hybridized carbons (Fsp3) is 0.348. The van der Waals surface area contributed by atoms with Crippen LogP contribution in [0.1, 0.15) is 27.8 Å². The van der Waals surface area contributed by atoms with Gasteiger partial charge >= 0.3 is 0 Å². The molecule has 1 aliphatic heterocycles. The van der Waals surface area contributed by atoms with Crippen molar-refractivity contribution in [3.63, 3.8) is 0 Å². The van der Waals surface area contributed by atoms with E-state index >= 15 is 0 Å².